The summed E-state index contributed by atoms with van der Waals surface area (Å²) in [4.78, 5) is 6.29. The molecule has 0 N–H and O–H groups in total. The van der Waals surface area contributed by atoms with E-state index in [2.05, 4.69) is 40.6 Å². The van der Waals surface area contributed by atoms with Crippen molar-refractivity contribution in [1.29, 1.82) is 0 Å². The van der Waals surface area contributed by atoms with Gasteiger partial charge in [0.1, 0.15) is 5.75 Å². The second-order valence-corrected chi connectivity index (χ2v) is 6.86. The van der Waals surface area contributed by atoms with Crippen molar-refractivity contribution in [1.82, 2.24) is 24.2 Å². The van der Waals surface area contributed by atoms with Gasteiger partial charge in [-0.2, -0.15) is 5.10 Å². The Morgan fingerprint density at radius 3 is 2.44 bits per heavy atom. The van der Waals surface area contributed by atoms with E-state index in [0.29, 0.717) is 6.67 Å². The zero-order valence-corrected chi connectivity index (χ0v) is 16.8. The third-order valence-corrected chi connectivity index (χ3v) is 4.73. The Kier molecular flexibility index (Phi) is 6.36. The van der Waals surface area contributed by atoms with Crippen molar-refractivity contribution in [2.24, 2.45) is 0 Å². The lowest BCUT2D eigenvalue weighted by Crippen LogP contribution is -2.22. The van der Waals surface area contributed by atoms with Gasteiger partial charge in [-0.15, -0.1) is 0 Å². The smallest absolute Gasteiger partial charge is 0.199 e. The maximum absolute atomic E-state index is 5.70. The lowest BCUT2D eigenvalue weighted by atomic mass is 10.2. The molecule has 1 aromatic carbocycles. The van der Waals surface area contributed by atoms with Crippen LogP contribution in [0, 0.1) is 4.77 Å². The Balaban J connectivity index is 1.80. The highest BCUT2D eigenvalue weighted by Gasteiger charge is 2.13. The maximum atomic E-state index is 5.70. The van der Waals surface area contributed by atoms with Gasteiger partial charge in [-0.3, -0.25) is 14.5 Å². The average Bonchev–Trinajstić information content (AvgIpc) is 2.99. The summed E-state index contributed by atoms with van der Waals surface area (Å²) < 4.78 is 9.95. The second-order valence-electron chi connectivity index (χ2n) is 6.50. The molecule has 0 aliphatic rings. The fourth-order valence-electron chi connectivity index (χ4n) is 2.99. The van der Waals surface area contributed by atoms with Gasteiger partial charge in [-0.05, 0) is 55.5 Å². The van der Waals surface area contributed by atoms with E-state index in [0.717, 1.165) is 41.4 Å². The monoisotopic (exact) mass is 383 g/mol. The van der Waals surface area contributed by atoms with E-state index in [1.165, 1.54) is 5.56 Å². The molecule has 0 radical (unpaired) electrons. The minimum atomic E-state index is 0.625. The predicted octanol–water partition coefficient (Wildman–Crippen LogP) is 3.98. The van der Waals surface area contributed by atoms with Crippen LogP contribution in [0.2, 0.25) is 0 Å². The molecule has 0 fully saturated rings. The van der Waals surface area contributed by atoms with Crippen LogP contribution in [0.4, 0.5) is 0 Å². The molecule has 0 saturated carbocycles. The third kappa shape index (κ3) is 4.61. The summed E-state index contributed by atoms with van der Waals surface area (Å²) in [7, 11) is 3.74. The van der Waals surface area contributed by atoms with Crippen molar-refractivity contribution in [3.63, 3.8) is 0 Å². The van der Waals surface area contributed by atoms with Gasteiger partial charge < -0.3 is 4.74 Å². The third-order valence-electron chi connectivity index (χ3n) is 4.30. The van der Waals surface area contributed by atoms with E-state index in [4.69, 9.17) is 22.1 Å². The quantitative estimate of drug-likeness (QED) is 0.551. The SMILES string of the molecule is CCCn1c(-c2ccncc2)nn(CN(C)Cc2ccc(OC)cc2)c1=S. The maximum Gasteiger partial charge on any atom is 0.199 e. The Labute approximate surface area is 165 Å². The molecule has 3 aromatic rings. The van der Waals surface area contributed by atoms with Crippen LogP contribution >= 0.6 is 12.2 Å². The lowest BCUT2D eigenvalue weighted by molar-refractivity contribution is 0.243. The fraction of sp³-hybridized carbons (Fsp3) is 0.350. The van der Waals surface area contributed by atoms with Crippen LogP contribution in [0.1, 0.15) is 18.9 Å². The molecule has 0 aliphatic heterocycles. The summed E-state index contributed by atoms with van der Waals surface area (Å²) >= 11 is 5.70. The molecule has 0 bridgehead atoms. The molecule has 2 aromatic heterocycles. The van der Waals surface area contributed by atoms with Gasteiger partial charge >= 0.3 is 0 Å². The number of aromatic nitrogens is 4. The first-order valence-electron chi connectivity index (χ1n) is 9.02. The number of ether oxygens (including phenoxy) is 1. The van der Waals surface area contributed by atoms with Gasteiger partial charge in [0, 0.05) is 31.0 Å². The predicted molar refractivity (Wildman–Crippen MR) is 109 cm³/mol. The molecular weight excluding hydrogens is 358 g/mol. The number of pyridine rings is 1. The Morgan fingerprint density at radius 2 is 1.81 bits per heavy atom. The fourth-order valence-corrected chi connectivity index (χ4v) is 3.27. The summed E-state index contributed by atoms with van der Waals surface area (Å²) in [5.74, 6) is 1.76. The van der Waals surface area contributed by atoms with Gasteiger partial charge in [0.05, 0.1) is 13.8 Å². The molecule has 0 aliphatic carbocycles. The number of hydrogen-bond donors (Lipinski definition) is 0. The van der Waals surface area contributed by atoms with Crippen LogP contribution in [0.5, 0.6) is 5.75 Å². The van der Waals surface area contributed by atoms with E-state index >= 15 is 0 Å². The van der Waals surface area contributed by atoms with Gasteiger partial charge in [0.15, 0.2) is 10.6 Å². The van der Waals surface area contributed by atoms with Crippen LogP contribution in [-0.2, 0) is 19.8 Å². The number of hydrogen-bond acceptors (Lipinski definition) is 5. The van der Waals surface area contributed by atoms with E-state index in [1.54, 1.807) is 19.5 Å². The molecule has 7 heteroatoms. The molecule has 0 atom stereocenters. The van der Waals surface area contributed by atoms with Crippen LogP contribution < -0.4 is 4.74 Å². The minimum absolute atomic E-state index is 0.625. The second kappa shape index (κ2) is 8.92. The first-order valence-corrected chi connectivity index (χ1v) is 9.42. The van der Waals surface area contributed by atoms with E-state index in [-0.39, 0.29) is 0 Å². The number of benzene rings is 1. The Hall–Kier alpha value is -2.51. The molecular formula is C20H25N5OS. The lowest BCUT2D eigenvalue weighted by Gasteiger charge is -2.16. The standard InChI is InChI=1S/C20H25N5OS/c1-4-13-24-19(17-9-11-21-12-10-17)22-25(20(24)27)15-23(2)14-16-5-7-18(26-3)8-6-16/h5-12H,4,13-15H2,1-3H3. The largest absolute Gasteiger partial charge is 0.497 e. The van der Waals surface area contributed by atoms with Crippen LogP contribution in [0.25, 0.3) is 11.4 Å². The van der Waals surface area contributed by atoms with Crippen molar-refractivity contribution in [3.05, 3.63) is 59.1 Å². The van der Waals surface area contributed by atoms with Gasteiger partial charge in [-0.1, -0.05) is 19.1 Å². The first-order chi connectivity index (χ1) is 13.1. The number of methoxy groups -OCH3 is 1. The molecule has 2 heterocycles. The number of nitrogens with zero attached hydrogens (tertiary/aromatic N) is 5. The highest BCUT2D eigenvalue weighted by molar-refractivity contribution is 7.71. The summed E-state index contributed by atoms with van der Waals surface area (Å²) in [6.07, 6.45) is 4.56. The van der Waals surface area contributed by atoms with E-state index in [1.807, 2.05) is 28.9 Å². The van der Waals surface area contributed by atoms with E-state index < -0.39 is 0 Å². The topological polar surface area (TPSA) is 48.1 Å². The highest BCUT2D eigenvalue weighted by Crippen LogP contribution is 2.18. The van der Waals surface area contributed by atoms with Crippen LogP contribution in [0.3, 0.4) is 0 Å². The van der Waals surface area contributed by atoms with Crippen molar-refractivity contribution >= 4 is 12.2 Å². The van der Waals surface area contributed by atoms with Crippen LogP contribution in [0.15, 0.2) is 48.8 Å². The average molecular weight is 384 g/mol. The minimum Gasteiger partial charge on any atom is -0.497 e. The van der Waals surface area contributed by atoms with Crippen molar-refractivity contribution in [2.45, 2.75) is 33.1 Å². The normalized spacial score (nSPS) is 11.1. The molecule has 0 spiro atoms. The molecule has 27 heavy (non-hydrogen) atoms. The molecule has 0 amide bonds. The molecule has 0 saturated heterocycles. The highest BCUT2D eigenvalue weighted by atomic mass is 32.1. The summed E-state index contributed by atoms with van der Waals surface area (Å²) in [5.41, 5.74) is 2.24. The first kappa shape index (κ1) is 19.3. The van der Waals surface area contributed by atoms with Crippen molar-refractivity contribution < 1.29 is 4.74 Å². The summed E-state index contributed by atoms with van der Waals surface area (Å²) in [6, 6.07) is 12.0. The molecule has 142 valence electrons. The molecule has 6 nitrogen and oxygen atoms in total. The Bertz CT molecular complexity index is 918. The summed E-state index contributed by atoms with van der Waals surface area (Å²) in [6.45, 7) is 4.42. The zero-order valence-electron chi connectivity index (χ0n) is 16.0. The number of rotatable bonds is 8. The van der Waals surface area contributed by atoms with E-state index in [9.17, 15) is 0 Å². The Morgan fingerprint density at radius 1 is 1.11 bits per heavy atom. The van der Waals surface area contributed by atoms with Gasteiger partial charge in [0.25, 0.3) is 0 Å². The van der Waals surface area contributed by atoms with Crippen molar-refractivity contribution in [3.8, 4) is 17.1 Å². The molecule has 0 unspecified atom stereocenters. The molecule has 3 rings (SSSR count). The van der Waals surface area contributed by atoms with Gasteiger partial charge in [0.2, 0.25) is 0 Å². The van der Waals surface area contributed by atoms with Crippen molar-refractivity contribution in [2.75, 3.05) is 14.2 Å². The van der Waals surface area contributed by atoms with Crippen LogP contribution in [-0.4, -0.2) is 38.4 Å². The zero-order chi connectivity index (χ0) is 19.2. The summed E-state index contributed by atoms with van der Waals surface area (Å²) in [5, 5.41) is 4.79. The van der Waals surface area contributed by atoms with Gasteiger partial charge in [-0.25, -0.2) is 4.68 Å².